The van der Waals surface area contributed by atoms with Crippen molar-refractivity contribution in [3.05, 3.63) is 336 Å². The van der Waals surface area contributed by atoms with Crippen LogP contribution in [-0.4, -0.2) is 10.9 Å². The van der Waals surface area contributed by atoms with Gasteiger partial charge in [-0.05, 0) is 0 Å². The number of rotatable bonds is 8. The van der Waals surface area contributed by atoms with E-state index in [9.17, 15) is 0 Å². The molecule has 12 rings (SSSR count). The average Bonchev–Trinajstić information content (AvgIpc) is 4.30. The first-order chi connectivity index (χ1) is 38.8. The van der Waals surface area contributed by atoms with E-state index in [1.165, 1.54) is 87.6 Å². The number of hydrogen-bond acceptors (Lipinski definition) is 0. The van der Waals surface area contributed by atoms with Crippen molar-refractivity contribution < 1.29 is 71.5 Å². The molecule has 82 heavy (non-hydrogen) atoms. The molecule has 0 aliphatic heterocycles. The first kappa shape index (κ1) is 67.3. The standard InChI is InChI=1S/4C13H13.2C12H10Si.2ClH.2Zr/c4*1-10-8-11(2)13(9-10)12-6-4-3-5-7-12;2*1-3-7-11(8-4-1)13-12-9-5-2-6-10-12;;;;/h4*3-7,9-10H,1-2H3;2*1-10H;2*1H;;/q4*-1;;;;;2*+2/p-2. The van der Waals surface area contributed by atoms with Crippen LogP contribution in [0.3, 0.4) is 0 Å². The van der Waals surface area contributed by atoms with E-state index >= 15 is 0 Å². The Bertz CT molecular complexity index is 3040. The van der Waals surface area contributed by atoms with Gasteiger partial charge in [-0.3, -0.25) is 24.3 Å². The van der Waals surface area contributed by atoms with Crippen LogP contribution in [0.2, 0.25) is 0 Å². The van der Waals surface area contributed by atoms with Crippen LogP contribution >= 0.6 is 0 Å². The maximum absolute atomic E-state index is 3.39. The van der Waals surface area contributed by atoms with Crippen LogP contribution in [0.25, 0.3) is 22.3 Å². The third-order valence-corrected chi connectivity index (χ3v) is 25.8. The predicted molar refractivity (Wildman–Crippen MR) is 340 cm³/mol. The van der Waals surface area contributed by atoms with E-state index in [0.717, 1.165) is 0 Å². The third kappa shape index (κ3) is 21.0. The SMILES string of the molecule is CC1=[C-]C(C)C=C1c1ccccc1.CC1=[C-]C(C)C=C1c1ccccc1.CC1=[C-]C(C)C=C1c1ccccc1.CC1=[C-]C(C)C=C1c1ccccc1.[Cl-].[Cl-].[Zr+2]=[Si](c1ccccc1)c1ccccc1.[Zr+2]=[Si](c1ccccc1)c1ccccc1. The van der Waals surface area contributed by atoms with Gasteiger partial charge in [0.05, 0.1) is 0 Å². The number of allylic oxidation sites excluding steroid dienone is 16. The second-order valence-electron chi connectivity index (χ2n) is 20.2. The second kappa shape index (κ2) is 35.6. The zero-order valence-corrected chi connectivity index (χ0v) is 56.9. The molecule has 8 aromatic rings. The Labute approximate surface area is 535 Å². The van der Waals surface area contributed by atoms with Gasteiger partial charge in [0.2, 0.25) is 0 Å². The first-order valence-electron chi connectivity index (χ1n) is 27.7. The van der Waals surface area contributed by atoms with Crippen molar-refractivity contribution in [2.24, 2.45) is 23.7 Å². The van der Waals surface area contributed by atoms with Gasteiger partial charge in [0, 0.05) is 0 Å². The fraction of sp³-hybridized carbons (Fsp3) is 0.158. The summed E-state index contributed by atoms with van der Waals surface area (Å²) in [5.74, 6) is 1.87. The summed E-state index contributed by atoms with van der Waals surface area (Å²) >= 11 is 3.29. The Morgan fingerprint density at radius 3 is 0.537 bits per heavy atom. The van der Waals surface area contributed by atoms with Crippen LogP contribution in [-0.2, 0) is 46.7 Å². The molecule has 0 nitrogen and oxygen atoms in total. The fourth-order valence-electron chi connectivity index (χ4n) is 9.82. The van der Waals surface area contributed by atoms with Gasteiger partial charge in [-0.1, -0.05) is 200 Å². The molecule has 0 saturated heterocycles. The Hall–Kier alpha value is -5.54. The number of benzene rings is 8. The van der Waals surface area contributed by atoms with E-state index < -0.39 is 10.9 Å². The van der Waals surface area contributed by atoms with Crippen molar-refractivity contribution in [1.82, 2.24) is 0 Å². The van der Waals surface area contributed by atoms with E-state index in [1.54, 1.807) is 46.7 Å². The van der Waals surface area contributed by atoms with Crippen LogP contribution in [0, 0.1) is 48.0 Å². The molecule has 0 fully saturated rings. The van der Waals surface area contributed by atoms with Crippen molar-refractivity contribution in [3.8, 4) is 0 Å². The zero-order valence-electron chi connectivity index (χ0n) is 48.5. The molecule has 0 saturated carbocycles. The summed E-state index contributed by atoms with van der Waals surface area (Å²) in [5.41, 5.74) is 14.8. The van der Waals surface area contributed by atoms with E-state index in [1.807, 2.05) is 24.3 Å². The van der Waals surface area contributed by atoms with Crippen LogP contribution < -0.4 is 45.6 Å². The molecule has 0 heterocycles. The van der Waals surface area contributed by atoms with E-state index in [-0.39, 0.29) is 24.8 Å². The van der Waals surface area contributed by atoms with E-state index in [0.29, 0.717) is 23.7 Å². The molecular formula is C76H72Cl2Si2Zr2-2. The summed E-state index contributed by atoms with van der Waals surface area (Å²) in [6.07, 6.45) is 22.6. The van der Waals surface area contributed by atoms with Crippen molar-refractivity contribution in [2.45, 2.75) is 55.4 Å². The van der Waals surface area contributed by atoms with Crippen LogP contribution in [0.15, 0.2) is 289 Å². The Kier molecular flexibility index (Phi) is 29.2. The Morgan fingerprint density at radius 1 is 0.256 bits per heavy atom. The average molecular weight is 1290 g/mol. The maximum atomic E-state index is 3.39. The molecular weight excluding hydrogens is 1220 g/mol. The summed E-state index contributed by atoms with van der Waals surface area (Å²) in [6, 6.07) is 85.3. The summed E-state index contributed by atoms with van der Waals surface area (Å²) in [6.45, 7) is 17.2. The Morgan fingerprint density at radius 2 is 0.402 bits per heavy atom. The predicted octanol–water partition coefficient (Wildman–Crippen LogP) is 10.6. The van der Waals surface area contributed by atoms with Crippen molar-refractivity contribution >= 4 is 53.9 Å². The van der Waals surface area contributed by atoms with Gasteiger partial charge in [-0.15, -0.1) is 22.3 Å². The molecule has 0 bridgehead atoms. The molecule has 0 radical (unpaired) electrons. The molecule has 0 amide bonds. The first-order valence-corrected chi connectivity index (χ1v) is 38.1. The van der Waals surface area contributed by atoms with Crippen molar-refractivity contribution in [3.63, 3.8) is 0 Å². The Balaban J connectivity index is 0.000000180. The van der Waals surface area contributed by atoms with Crippen molar-refractivity contribution in [2.75, 3.05) is 0 Å². The molecule has 8 aromatic carbocycles. The molecule has 0 aromatic heterocycles. The second-order valence-corrected chi connectivity index (χ2v) is 31.4. The molecule has 6 heteroatoms. The quantitative estimate of drug-likeness (QED) is 0.105. The summed E-state index contributed by atoms with van der Waals surface area (Å²) in [5, 5.41) is 6.06. The topological polar surface area (TPSA) is 0 Å². The van der Waals surface area contributed by atoms with Crippen LogP contribution in [0.4, 0.5) is 0 Å². The van der Waals surface area contributed by atoms with Gasteiger partial charge < -0.3 is 24.8 Å². The van der Waals surface area contributed by atoms with Gasteiger partial charge in [-0.2, -0.15) is 46.6 Å². The monoisotopic (exact) mass is 1290 g/mol. The molecule has 4 atom stereocenters. The van der Waals surface area contributed by atoms with Gasteiger partial charge in [0.1, 0.15) is 0 Å². The fourth-order valence-corrected chi connectivity index (χ4v) is 17.5. The van der Waals surface area contributed by atoms with E-state index in [2.05, 4.69) is 322 Å². The minimum absolute atomic E-state index is 0. The van der Waals surface area contributed by atoms with Gasteiger partial charge in [-0.25, -0.2) is 22.3 Å². The number of hydrogen-bond donors (Lipinski definition) is 0. The van der Waals surface area contributed by atoms with Gasteiger partial charge in [0.25, 0.3) is 0 Å². The summed E-state index contributed by atoms with van der Waals surface area (Å²) in [4.78, 5) is 0. The molecule has 4 aliphatic rings. The normalized spacial score (nSPS) is 16.8. The summed E-state index contributed by atoms with van der Waals surface area (Å²) in [7, 11) is 0. The minimum atomic E-state index is -0.455. The summed E-state index contributed by atoms with van der Waals surface area (Å²) < 4.78 is 0. The molecule has 0 N–H and O–H groups in total. The third-order valence-electron chi connectivity index (χ3n) is 13.6. The molecule has 408 valence electrons. The van der Waals surface area contributed by atoms with Crippen LogP contribution in [0.1, 0.15) is 77.6 Å². The molecule has 4 unspecified atom stereocenters. The number of halogens is 2. The van der Waals surface area contributed by atoms with Crippen LogP contribution in [0.5, 0.6) is 0 Å². The van der Waals surface area contributed by atoms with E-state index in [4.69, 9.17) is 0 Å². The van der Waals surface area contributed by atoms with Gasteiger partial charge in [0.15, 0.2) is 0 Å². The van der Waals surface area contributed by atoms with Gasteiger partial charge >= 0.3 is 200 Å². The molecule has 0 spiro atoms. The molecule has 4 aliphatic carbocycles. The zero-order chi connectivity index (χ0) is 56.6. The van der Waals surface area contributed by atoms with Crippen molar-refractivity contribution in [1.29, 1.82) is 0 Å².